The first kappa shape index (κ1) is 27.5. The molecule has 3 heterocycles. The predicted molar refractivity (Wildman–Crippen MR) is 146 cm³/mol. The number of nitrogens with zero attached hydrogens (tertiary/aromatic N) is 2. The summed E-state index contributed by atoms with van der Waals surface area (Å²) < 4.78 is 5.25. The Hall–Kier alpha value is -3.07. The molecule has 1 aromatic carbocycles. The zero-order chi connectivity index (χ0) is 26.1. The lowest BCUT2D eigenvalue weighted by Gasteiger charge is -2.31. The number of hydrogen-bond acceptors (Lipinski definition) is 6. The Balaban J connectivity index is 0.000000338. The van der Waals surface area contributed by atoms with Crippen LogP contribution in [0.5, 0.6) is 0 Å². The number of primary amides is 1. The van der Waals surface area contributed by atoms with Crippen LogP contribution >= 0.6 is 11.3 Å². The summed E-state index contributed by atoms with van der Waals surface area (Å²) in [5.74, 6) is -0.302. The second kappa shape index (κ2) is 13.3. The van der Waals surface area contributed by atoms with Gasteiger partial charge in [-0.25, -0.2) is 4.79 Å². The molecule has 0 bridgehead atoms. The highest BCUT2D eigenvalue weighted by molar-refractivity contribution is 7.13. The number of carbonyl (C=O) groups is 3. The molecular weight excluding hydrogens is 476 g/mol. The Kier molecular flexibility index (Phi) is 10.2. The molecule has 36 heavy (non-hydrogen) atoms. The highest BCUT2D eigenvalue weighted by Crippen LogP contribution is 2.34. The monoisotopic (exact) mass is 514 g/mol. The number of nitrogens with one attached hydrogen (secondary N) is 1. The summed E-state index contributed by atoms with van der Waals surface area (Å²) in [5.41, 5.74) is 7.61. The summed E-state index contributed by atoms with van der Waals surface area (Å²) >= 11 is 1.42. The van der Waals surface area contributed by atoms with Gasteiger partial charge < -0.3 is 20.7 Å². The number of aryl methyl sites for hydroxylation is 1. The third-order valence-electron chi connectivity index (χ3n) is 6.22. The van der Waals surface area contributed by atoms with E-state index in [0.717, 1.165) is 54.3 Å². The largest absolute Gasteiger partial charge is 0.444 e. The average Bonchev–Trinajstić information content (AvgIpc) is 3.44. The molecule has 1 atom stereocenters. The first-order valence-corrected chi connectivity index (χ1v) is 13.6. The van der Waals surface area contributed by atoms with Crippen LogP contribution in [0, 0.1) is 6.92 Å². The number of thiophene rings is 1. The average molecular weight is 515 g/mol. The van der Waals surface area contributed by atoms with Gasteiger partial charge in [0.2, 0.25) is 5.91 Å². The number of cyclic esters (lactones) is 1. The van der Waals surface area contributed by atoms with E-state index in [1.54, 1.807) is 11.0 Å². The van der Waals surface area contributed by atoms with Crippen molar-refractivity contribution < 1.29 is 19.1 Å². The summed E-state index contributed by atoms with van der Waals surface area (Å²) in [5, 5.41) is 3.10. The molecule has 196 valence electrons. The van der Waals surface area contributed by atoms with Crippen molar-refractivity contribution >= 4 is 46.3 Å². The van der Waals surface area contributed by atoms with Crippen LogP contribution in [0.3, 0.4) is 0 Å². The van der Waals surface area contributed by atoms with Crippen LogP contribution in [-0.2, 0) is 9.53 Å². The lowest BCUT2D eigenvalue weighted by atomic mass is 10.1. The third-order valence-corrected chi connectivity index (χ3v) is 7.23. The van der Waals surface area contributed by atoms with Gasteiger partial charge in [0, 0.05) is 30.1 Å². The molecule has 1 unspecified atom stereocenters. The molecule has 2 aromatic rings. The molecule has 3 N–H and O–H groups in total. The maximum atomic E-state index is 12.4. The number of ether oxygens (including phenoxy) is 1. The van der Waals surface area contributed by atoms with Crippen molar-refractivity contribution in [1.29, 1.82) is 0 Å². The zero-order valence-electron chi connectivity index (χ0n) is 21.5. The van der Waals surface area contributed by atoms with E-state index in [1.807, 2.05) is 38.1 Å². The molecule has 8 nitrogen and oxygen atoms in total. The lowest BCUT2D eigenvalue weighted by Crippen LogP contribution is -2.31. The SMILES string of the molecule is CCCCCC(=O)Nc1cc(N2CC(C)OC2=O)ccc1N1CCCCC1.Cc1ccc(C(N)=O)s1. The van der Waals surface area contributed by atoms with E-state index in [9.17, 15) is 14.4 Å². The van der Waals surface area contributed by atoms with Crippen LogP contribution in [-0.4, -0.2) is 43.6 Å². The maximum Gasteiger partial charge on any atom is 0.414 e. The fourth-order valence-corrected chi connectivity index (χ4v) is 5.05. The van der Waals surface area contributed by atoms with Crippen LogP contribution in [0.1, 0.15) is 73.3 Å². The molecule has 3 amide bonds. The molecule has 2 aliphatic rings. The summed E-state index contributed by atoms with van der Waals surface area (Å²) in [6, 6.07) is 9.52. The smallest absolute Gasteiger partial charge is 0.414 e. The molecule has 0 spiro atoms. The quantitative estimate of drug-likeness (QED) is 0.440. The third kappa shape index (κ3) is 7.71. The molecule has 2 aliphatic heterocycles. The number of carbonyl (C=O) groups excluding carboxylic acids is 3. The number of unbranched alkanes of at least 4 members (excludes halogenated alkanes) is 2. The van der Waals surface area contributed by atoms with E-state index in [1.165, 1.54) is 30.6 Å². The van der Waals surface area contributed by atoms with Crippen molar-refractivity contribution in [2.45, 2.75) is 71.8 Å². The Labute approximate surface area is 217 Å². The van der Waals surface area contributed by atoms with Crippen LogP contribution in [0.15, 0.2) is 30.3 Å². The van der Waals surface area contributed by atoms with Gasteiger partial charge >= 0.3 is 6.09 Å². The molecule has 2 saturated heterocycles. The van der Waals surface area contributed by atoms with E-state index in [2.05, 4.69) is 17.1 Å². The van der Waals surface area contributed by atoms with Crippen LogP contribution < -0.4 is 20.9 Å². The summed E-state index contributed by atoms with van der Waals surface area (Å²) in [4.78, 5) is 40.7. The van der Waals surface area contributed by atoms with Gasteiger partial charge in [0.05, 0.1) is 22.8 Å². The van der Waals surface area contributed by atoms with Gasteiger partial charge in [-0.3, -0.25) is 14.5 Å². The topological polar surface area (TPSA) is 105 Å². The number of anilines is 3. The standard InChI is InChI=1S/C21H31N3O3.C6H7NOS/c1-3-4-6-9-20(25)22-18-14-17(24-15-16(2)27-21(24)26)10-11-19(18)23-12-7-5-8-13-23;1-4-2-3-5(9-4)6(7)8/h10-11,14,16H,3-9,12-13,15H2,1-2H3,(H,22,25);2-3H,1H3,(H2,7,8). The minimum atomic E-state index is -0.340. The predicted octanol–water partition coefficient (Wildman–Crippen LogP) is 5.70. The van der Waals surface area contributed by atoms with E-state index >= 15 is 0 Å². The van der Waals surface area contributed by atoms with Gasteiger partial charge in [0.15, 0.2) is 0 Å². The molecule has 1 aromatic heterocycles. The van der Waals surface area contributed by atoms with Crippen LogP contribution in [0.25, 0.3) is 0 Å². The van der Waals surface area contributed by atoms with Gasteiger partial charge in [-0.1, -0.05) is 19.8 Å². The van der Waals surface area contributed by atoms with E-state index < -0.39 is 0 Å². The highest BCUT2D eigenvalue weighted by atomic mass is 32.1. The van der Waals surface area contributed by atoms with Gasteiger partial charge in [-0.05, 0) is 69.9 Å². The summed E-state index contributed by atoms with van der Waals surface area (Å²) in [6.45, 7) is 8.49. The summed E-state index contributed by atoms with van der Waals surface area (Å²) in [7, 11) is 0. The minimum Gasteiger partial charge on any atom is -0.444 e. The van der Waals surface area contributed by atoms with Crippen molar-refractivity contribution in [2.24, 2.45) is 5.73 Å². The highest BCUT2D eigenvalue weighted by Gasteiger charge is 2.30. The molecule has 4 rings (SSSR count). The maximum absolute atomic E-state index is 12.4. The first-order valence-electron chi connectivity index (χ1n) is 12.8. The Bertz CT molecular complexity index is 1050. The molecular formula is C27H38N4O4S. The van der Waals surface area contributed by atoms with Gasteiger partial charge in [-0.2, -0.15) is 0 Å². The normalized spacial score (nSPS) is 17.3. The second-order valence-corrected chi connectivity index (χ2v) is 10.6. The Morgan fingerprint density at radius 2 is 1.89 bits per heavy atom. The van der Waals surface area contributed by atoms with E-state index in [0.29, 0.717) is 17.8 Å². The minimum absolute atomic E-state index is 0.0382. The van der Waals surface area contributed by atoms with Crippen LogP contribution in [0.4, 0.5) is 21.9 Å². The van der Waals surface area contributed by atoms with Crippen molar-refractivity contribution in [3.63, 3.8) is 0 Å². The number of nitrogens with two attached hydrogens (primary N) is 1. The number of piperidine rings is 1. The number of hydrogen-bond donors (Lipinski definition) is 2. The van der Waals surface area contributed by atoms with Crippen molar-refractivity contribution in [3.05, 3.63) is 40.1 Å². The van der Waals surface area contributed by atoms with Crippen molar-refractivity contribution in [2.75, 3.05) is 34.8 Å². The fourth-order valence-electron chi connectivity index (χ4n) is 4.33. The summed E-state index contributed by atoms with van der Waals surface area (Å²) in [6.07, 6.45) is 6.73. The number of amides is 3. The fraction of sp³-hybridized carbons (Fsp3) is 0.519. The first-order chi connectivity index (χ1) is 17.3. The van der Waals surface area contributed by atoms with Crippen molar-refractivity contribution in [3.8, 4) is 0 Å². The van der Waals surface area contributed by atoms with Crippen molar-refractivity contribution in [1.82, 2.24) is 0 Å². The van der Waals surface area contributed by atoms with E-state index in [-0.39, 0.29) is 24.0 Å². The number of benzene rings is 1. The Morgan fingerprint density at radius 3 is 2.44 bits per heavy atom. The van der Waals surface area contributed by atoms with Gasteiger partial charge in [-0.15, -0.1) is 11.3 Å². The molecule has 9 heteroatoms. The van der Waals surface area contributed by atoms with E-state index in [4.69, 9.17) is 10.5 Å². The molecule has 2 fully saturated rings. The van der Waals surface area contributed by atoms with Gasteiger partial charge in [0.1, 0.15) is 6.10 Å². The molecule has 0 radical (unpaired) electrons. The molecule has 0 saturated carbocycles. The second-order valence-electron chi connectivity index (χ2n) is 9.33. The van der Waals surface area contributed by atoms with Gasteiger partial charge in [0.25, 0.3) is 5.91 Å². The number of rotatable bonds is 8. The van der Waals surface area contributed by atoms with Crippen LogP contribution in [0.2, 0.25) is 0 Å². The Morgan fingerprint density at radius 1 is 1.14 bits per heavy atom. The molecule has 0 aliphatic carbocycles. The zero-order valence-corrected chi connectivity index (χ0v) is 22.4. The lowest BCUT2D eigenvalue weighted by molar-refractivity contribution is -0.116.